The van der Waals surface area contributed by atoms with Crippen molar-refractivity contribution in [3.63, 3.8) is 0 Å². The Kier molecular flexibility index (Phi) is 2.68. The molecule has 0 fully saturated rings. The lowest BCUT2D eigenvalue weighted by atomic mass is 10.1. The van der Waals surface area contributed by atoms with Crippen LogP contribution in [0.2, 0.25) is 0 Å². The number of ether oxygens (including phenoxy) is 1. The first-order valence-corrected chi connectivity index (χ1v) is 6.44. The highest BCUT2D eigenvalue weighted by atomic mass is 32.1. The van der Waals surface area contributed by atoms with E-state index in [1.807, 2.05) is 6.07 Å². The first-order chi connectivity index (χ1) is 8.40. The SMILES string of the molecule is CCNc1nsnc1-c1cccc2c1OCC2. The van der Waals surface area contributed by atoms with Gasteiger partial charge in [-0.25, -0.2) is 0 Å². The highest BCUT2D eigenvalue weighted by molar-refractivity contribution is 6.99. The summed E-state index contributed by atoms with van der Waals surface area (Å²) in [5, 5.41) is 3.23. The summed E-state index contributed by atoms with van der Waals surface area (Å²) in [6, 6.07) is 6.21. The van der Waals surface area contributed by atoms with Crippen LogP contribution in [0.3, 0.4) is 0 Å². The number of nitrogens with one attached hydrogen (secondary N) is 1. The van der Waals surface area contributed by atoms with Gasteiger partial charge in [-0.2, -0.15) is 8.75 Å². The second-order valence-electron chi connectivity index (χ2n) is 3.88. The summed E-state index contributed by atoms with van der Waals surface area (Å²) < 4.78 is 14.3. The monoisotopic (exact) mass is 247 g/mol. The number of anilines is 1. The minimum atomic E-state index is 0.764. The molecule has 5 heteroatoms. The van der Waals surface area contributed by atoms with Crippen molar-refractivity contribution in [2.75, 3.05) is 18.5 Å². The minimum absolute atomic E-state index is 0.764. The smallest absolute Gasteiger partial charge is 0.168 e. The van der Waals surface area contributed by atoms with Gasteiger partial charge in [-0.05, 0) is 18.6 Å². The molecule has 3 rings (SSSR count). The molecule has 0 saturated heterocycles. The number of para-hydroxylation sites is 1. The minimum Gasteiger partial charge on any atom is -0.492 e. The third-order valence-electron chi connectivity index (χ3n) is 2.80. The van der Waals surface area contributed by atoms with E-state index in [4.69, 9.17) is 4.74 Å². The lowest BCUT2D eigenvalue weighted by molar-refractivity contribution is 0.358. The van der Waals surface area contributed by atoms with Crippen LogP contribution in [0, 0.1) is 0 Å². The van der Waals surface area contributed by atoms with Crippen LogP contribution in [-0.4, -0.2) is 21.9 Å². The van der Waals surface area contributed by atoms with Gasteiger partial charge >= 0.3 is 0 Å². The van der Waals surface area contributed by atoms with E-state index in [0.717, 1.165) is 42.4 Å². The molecule has 0 atom stereocenters. The van der Waals surface area contributed by atoms with Crippen LogP contribution in [0.4, 0.5) is 5.82 Å². The maximum Gasteiger partial charge on any atom is 0.168 e. The molecule has 1 aliphatic rings. The van der Waals surface area contributed by atoms with Gasteiger partial charge in [-0.3, -0.25) is 0 Å². The summed E-state index contributed by atoms with van der Waals surface area (Å²) in [4.78, 5) is 0. The van der Waals surface area contributed by atoms with E-state index in [0.29, 0.717) is 0 Å². The molecular formula is C12H13N3OS. The number of hydrogen-bond acceptors (Lipinski definition) is 5. The molecule has 0 unspecified atom stereocenters. The lowest BCUT2D eigenvalue weighted by Gasteiger charge is -2.07. The molecule has 2 heterocycles. The normalized spacial score (nSPS) is 13.2. The van der Waals surface area contributed by atoms with Gasteiger partial charge in [0.2, 0.25) is 0 Å². The van der Waals surface area contributed by atoms with E-state index >= 15 is 0 Å². The molecule has 0 amide bonds. The summed E-state index contributed by atoms with van der Waals surface area (Å²) in [5.41, 5.74) is 3.21. The fraction of sp³-hybridized carbons (Fsp3) is 0.333. The molecule has 2 aromatic rings. The van der Waals surface area contributed by atoms with Gasteiger partial charge < -0.3 is 10.1 Å². The standard InChI is InChI=1S/C12H13N3OS/c1-2-13-12-10(14-17-15-12)9-5-3-4-8-6-7-16-11(8)9/h3-5H,2,6-7H2,1H3,(H,13,15). The molecule has 0 spiro atoms. The largest absolute Gasteiger partial charge is 0.492 e. The van der Waals surface area contributed by atoms with Crippen molar-refractivity contribution >= 4 is 17.5 Å². The number of fused-ring (bicyclic) bond motifs is 1. The average Bonchev–Trinajstić information content (AvgIpc) is 2.96. The third-order valence-corrected chi connectivity index (χ3v) is 3.33. The first kappa shape index (κ1) is 10.5. The van der Waals surface area contributed by atoms with E-state index in [2.05, 4.69) is 33.1 Å². The van der Waals surface area contributed by atoms with Crippen LogP contribution < -0.4 is 10.1 Å². The van der Waals surface area contributed by atoms with Crippen molar-refractivity contribution in [2.45, 2.75) is 13.3 Å². The summed E-state index contributed by atoms with van der Waals surface area (Å²) in [7, 11) is 0. The molecule has 1 aliphatic heterocycles. The molecule has 88 valence electrons. The van der Waals surface area contributed by atoms with Crippen LogP contribution in [0.1, 0.15) is 12.5 Å². The van der Waals surface area contributed by atoms with Crippen molar-refractivity contribution in [2.24, 2.45) is 0 Å². The van der Waals surface area contributed by atoms with E-state index in [1.165, 1.54) is 17.3 Å². The second kappa shape index (κ2) is 4.33. The van der Waals surface area contributed by atoms with Crippen molar-refractivity contribution < 1.29 is 4.74 Å². The Balaban J connectivity index is 2.09. The predicted molar refractivity (Wildman–Crippen MR) is 68.7 cm³/mol. The predicted octanol–water partition coefficient (Wildman–Crippen LogP) is 2.57. The number of benzene rings is 1. The van der Waals surface area contributed by atoms with E-state index in [1.54, 1.807) is 0 Å². The Hall–Kier alpha value is -1.62. The fourth-order valence-corrected chi connectivity index (χ4v) is 2.59. The molecule has 17 heavy (non-hydrogen) atoms. The quantitative estimate of drug-likeness (QED) is 0.905. The molecule has 0 aliphatic carbocycles. The highest BCUT2D eigenvalue weighted by Crippen LogP contribution is 2.38. The van der Waals surface area contributed by atoms with Gasteiger partial charge in [0.15, 0.2) is 5.82 Å². The number of hydrogen-bond donors (Lipinski definition) is 1. The molecule has 4 nitrogen and oxygen atoms in total. The zero-order chi connectivity index (χ0) is 11.7. The van der Waals surface area contributed by atoms with E-state index < -0.39 is 0 Å². The van der Waals surface area contributed by atoms with Crippen LogP contribution in [-0.2, 0) is 6.42 Å². The Bertz CT molecular complexity index is 538. The van der Waals surface area contributed by atoms with Crippen LogP contribution >= 0.6 is 11.7 Å². The van der Waals surface area contributed by atoms with Crippen LogP contribution in [0.25, 0.3) is 11.3 Å². The van der Waals surface area contributed by atoms with Gasteiger partial charge in [-0.15, -0.1) is 0 Å². The fourth-order valence-electron chi connectivity index (χ4n) is 2.05. The number of aromatic nitrogens is 2. The molecule has 0 radical (unpaired) electrons. The maximum atomic E-state index is 5.70. The topological polar surface area (TPSA) is 47.0 Å². The molecule has 0 saturated carbocycles. The summed E-state index contributed by atoms with van der Waals surface area (Å²) in [5.74, 6) is 1.82. The van der Waals surface area contributed by atoms with Gasteiger partial charge in [0.05, 0.1) is 18.3 Å². The van der Waals surface area contributed by atoms with Gasteiger partial charge in [0.1, 0.15) is 11.4 Å². The lowest BCUT2D eigenvalue weighted by Crippen LogP contribution is -1.99. The maximum absolute atomic E-state index is 5.70. The van der Waals surface area contributed by atoms with Crippen molar-refractivity contribution in [1.29, 1.82) is 0 Å². The summed E-state index contributed by atoms with van der Waals surface area (Å²) in [6.45, 7) is 3.66. The highest BCUT2D eigenvalue weighted by Gasteiger charge is 2.20. The zero-order valence-corrected chi connectivity index (χ0v) is 10.4. The van der Waals surface area contributed by atoms with Gasteiger partial charge in [0, 0.05) is 18.5 Å². The Labute approximate surface area is 104 Å². The van der Waals surface area contributed by atoms with E-state index in [9.17, 15) is 0 Å². The van der Waals surface area contributed by atoms with Gasteiger partial charge in [0.25, 0.3) is 0 Å². The Morgan fingerprint density at radius 3 is 3.24 bits per heavy atom. The van der Waals surface area contributed by atoms with Crippen LogP contribution in [0.15, 0.2) is 18.2 Å². The summed E-state index contributed by atoms with van der Waals surface area (Å²) >= 11 is 1.23. The van der Waals surface area contributed by atoms with Crippen molar-refractivity contribution in [3.8, 4) is 17.0 Å². The zero-order valence-electron chi connectivity index (χ0n) is 9.56. The molecular weight excluding hydrogens is 234 g/mol. The third kappa shape index (κ3) is 1.76. The second-order valence-corrected chi connectivity index (χ2v) is 4.41. The van der Waals surface area contributed by atoms with Crippen molar-refractivity contribution in [3.05, 3.63) is 23.8 Å². The molecule has 1 aromatic heterocycles. The van der Waals surface area contributed by atoms with Crippen molar-refractivity contribution in [1.82, 2.24) is 8.75 Å². The number of rotatable bonds is 3. The first-order valence-electron chi connectivity index (χ1n) is 5.71. The molecule has 1 aromatic carbocycles. The van der Waals surface area contributed by atoms with E-state index in [-0.39, 0.29) is 0 Å². The molecule has 0 bridgehead atoms. The number of nitrogens with zero attached hydrogens (tertiary/aromatic N) is 2. The van der Waals surface area contributed by atoms with Crippen LogP contribution in [0.5, 0.6) is 5.75 Å². The Morgan fingerprint density at radius 1 is 1.41 bits per heavy atom. The average molecular weight is 247 g/mol. The molecule has 1 N–H and O–H groups in total. The Morgan fingerprint density at radius 2 is 2.35 bits per heavy atom. The summed E-state index contributed by atoms with van der Waals surface area (Å²) in [6.07, 6.45) is 0.983. The van der Waals surface area contributed by atoms with Gasteiger partial charge in [-0.1, -0.05) is 12.1 Å².